The Bertz CT molecular complexity index is 308. The molecule has 0 heterocycles. The molecule has 4 heteroatoms. The lowest BCUT2D eigenvalue weighted by Gasteiger charge is -2.23. The van der Waals surface area contributed by atoms with Gasteiger partial charge in [-0.15, -0.1) is 0 Å². The van der Waals surface area contributed by atoms with Gasteiger partial charge in [0, 0.05) is 0 Å². The van der Waals surface area contributed by atoms with Crippen molar-refractivity contribution in [1.29, 1.82) is 0 Å². The van der Waals surface area contributed by atoms with Crippen molar-refractivity contribution in [3.8, 4) is 0 Å². The van der Waals surface area contributed by atoms with E-state index in [2.05, 4.69) is 0 Å². The molecular formula is C10H10F4. The minimum absolute atomic E-state index is 0.365. The van der Waals surface area contributed by atoms with Gasteiger partial charge in [0.25, 0.3) is 0 Å². The lowest BCUT2D eigenvalue weighted by Crippen LogP contribution is -2.34. The number of hydrogen-bond acceptors (Lipinski definition) is 0. The predicted molar refractivity (Wildman–Crippen MR) is 45.7 cm³/mol. The molecule has 0 aromatic heterocycles. The predicted octanol–water partition coefficient (Wildman–Crippen LogP) is 3.74. The van der Waals surface area contributed by atoms with E-state index in [1.807, 2.05) is 0 Å². The Balaban J connectivity index is 3.10. The van der Waals surface area contributed by atoms with Crippen LogP contribution in [0.3, 0.4) is 0 Å². The second kappa shape index (κ2) is 3.26. The standard InChI is InChI=1S/C10H10F4/c1-7-3-5-8(6-4-7)9(2,11)10(12,13)14/h3-6H,1-2H3. The van der Waals surface area contributed by atoms with E-state index in [9.17, 15) is 17.6 Å². The van der Waals surface area contributed by atoms with Crippen LogP contribution < -0.4 is 0 Å². The smallest absolute Gasteiger partial charge is 0.229 e. The quantitative estimate of drug-likeness (QED) is 0.614. The summed E-state index contributed by atoms with van der Waals surface area (Å²) < 4.78 is 50.1. The van der Waals surface area contributed by atoms with Crippen LogP contribution in [0.2, 0.25) is 0 Å². The molecule has 0 aliphatic carbocycles. The molecule has 0 N–H and O–H groups in total. The SMILES string of the molecule is Cc1ccc(C(C)(F)C(F)(F)F)cc1. The highest BCUT2D eigenvalue weighted by Gasteiger charge is 2.53. The van der Waals surface area contributed by atoms with Crippen molar-refractivity contribution in [3.63, 3.8) is 0 Å². The highest BCUT2D eigenvalue weighted by atomic mass is 19.4. The molecule has 0 nitrogen and oxygen atoms in total. The van der Waals surface area contributed by atoms with E-state index in [1.54, 1.807) is 6.92 Å². The summed E-state index contributed by atoms with van der Waals surface area (Å²) in [6.45, 7) is 2.25. The molecule has 0 fully saturated rings. The number of halogens is 4. The third-order valence-corrected chi connectivity index (χ3v) is 2.13. The van der Waals surface area contributed by atoms with Gasteiger partial charge >= 0.3 is 6.18 Å². The number of aryl methyl sites for hydroxylation is 1. The van der Waals surface area contributed by atoms with Crippen molar-refractivity contribution >= 4 is 0 Å². The first kappa shape index (κ1) is 11.0. The maximum Gasteiger partial charge on any atom is 0.426 e. The van der Waals surface area contributed by atoms with Gasteiger partial charge in [-0.05, 0) is 19.4 Å². The lowest BCUT2D eigenvalue weighted by molar-refractivity contribution is -0.228. The van der Waals surface area contributed by atoms with Crippen LogP contribution in [0.25, 0.3) is 0 Å². The van der Waals surface area contributed by atoms with Gasteiger partial charge in [-0.2, -0.15) is 13.2 Å². The summed E-state index contributed by atoms with van der Waals surface area (Å²) >= 11 is 0. The summed E-state index contributed by atoms with van der Waals surface area (Å²) in [7, 11) is 0. The molecule has 0 spiro atoms. The molecule has 0 aliphatic heterocycles. The summed E-state index contributed by atoms with van der Waals surface area (Å²) in [5.74, 6) is 0. The number of hydrogen-bond donors (Lipinski definition) is 0. The molecule has 1 aromatic rings. The van der Waals surface area contributed by atoms with E-state index < -0.39 is 11.8 Å². The third-order valence-electron chi connectivity index (χ3n) is 2.13. The fourth-order valence-electron chi connectivity index (χ4n) is 1.03. The van der Waals surface area contributed by atoms with E-state index in [4.69, 9.17) is 0 Å². The Morgan fingerprint density at radius 1 is 0.929 bits per heavy atom. The van der Waals surface area contributed by atoms with Crippen molar-refractivity contribution in [2.45, 2.75) is 25.7 Å². The number of rotatable bonds is 1. The first-order valence-corrected chi connectivity index (χ1v) is 4.08. The number of alkyl halides is 4. The van der Waals surface area contributed by atoms with Crippen LogP contribution in [0.4, 0.5) is 17.6 Å². The molecule has 0 aliphatic rings. The second-order valence-corrected chi connectivity index (χ2v) is 3.37. The highest BCUT2D eigenvalue weighted by molar-refractivity contribution is 5.27. The summed E-state index contributed by atoms with van der Waals surface area (Å²) in [4.78, 5) is 0. The van der Waals surface area contributed by atoms with Gasteiger partial charge in [0.2, 0.25) is 5.67 Å². The minimum Gasteiger partial charge on any atom is -0.229 e. The Hall–Kier alpha value is -1.06. The normalized spacial score (nSPS) is 16.4. The molecule has 0 saturated heterocycles. The van der Waals surface area contributed by atoms with E-state index in [0.717, 1.165) is 17.7 Å². The Morgan fingerprint density at radius 2 is 1.36 bits per heavy atom. The van der Waals surface area contributed by atoms with Gasteiger partial charge in [-0.1, -0.05) is 29.8 Å². The van der Waals surface area contributed by atoms with Crippen molar-refractivity contribution < 1.29 is 17.6 Å². The first-order valence-electron chi connectivity index (χ1n) is 4.08. The highest BCUT2D eigenvalue weighted by Crippen LogP contribution is 2.41. The van der Waals surface area contributed by atoms with Crippen LogP contribution in [-0.4, -0.2) is 6.18 Å². The molecule has 0 amide bonds. The van der Waals surface area contributed by atoms with Crippen LogP contribution in [0.15, 0.2) is 24.3 Å². The fraction of sp³-hybridized carbons (Fsp3) is 0.400. The van der Waals surface area contributed by atoms with Gasteiger partial charge in [0.1, 0.15) is 0 Å². The Labute approximate surface area is 79.6 Å². The second-order valence-electron chi connectivity index (χ2n) is 3.37. The molecule has 0 radical (unpaired) electrons. The molecule has 78 valence electrons. The molecular weight excluding hydrogens is 196 g/mol. The van der Waals surface area contributed by atoms with Crippen LogP contribution >= 0.6 is 0 Å². The van der Waals surface area contributed by atoms with Crippen molar-refractivity contribution in [2.75, 3.05) is 0 Å². The van der Waals surface area contributed by atoms with Crippen LogP contribution in [0.5, 0.6) is 0 Å². The summed E-state index contributed by atoms with van der Waals surface area (Å²) in [5, 5.41) is 0. The minimum atomic E-state index is -4.87. The van der Waals surface area contributed by atoms with Gasteiger partial charge in [-0.3, -0.25) is 0 Å². The summed E-state index contributed by atoms with van der Waals surface area (Å²) in [6.07, 6.45) is -4.87. The van der Waals surface area contributed by atoms with E-state index >= 15 is 0 Å². The van der Waals surface area contributed by atoms with Crippen molar-refractivity contribution in [2.24, 2.45) is 0 Å². The molecule has 0 saturated carbocycles. The van der Waals surface area contributed by atoms with Crippen LogP contribution in [0, 0.1) is 6.92 Å². The molecule has 1 atom stereocenters. The number of benzene rings is 1. The maximum absolute atomic E-state index is 13.3. The van der Waals surface area contributed by atoms with Crippen LogP contribution in [-0.2, 0) is 5.67 Å². The zero-order valence-electron chi connectivity index (χ0n) is 7.82. The van der Waals surface area contributed by atoms with Crippen molar-refractivity contribution in [1.82, 2.24) is 0 Å². The average molecular weight is 206 g/mol. The Kier molecular flexibility index (Phi) is 2.56. The summed E-state index contributed by atoms with van der Waals surface area (Å²) in [5.41, 5.74) is -2.84. The molecule has 14 heavy (non-hydrogen) atoms. The Morgan fingerprint density at radius 3 is 1.71 bits per heavy atom. The lowest BCUT2D eigenvalue weighted by atomic mass is 9.96. The van der Waals surface area contributed by atoms with Crippen LogP contribution in [0.1, 0.15) is 18.1 Å². The van der Waals surface area contributed by atoms with Gasteiger partial charge < -0.3 is 0 Å². The van der Waals surface area contributed by atoms with E-state index in [0.29, 0.717) is 6.92 Å². The van der Waals surface area contributed by atoms with E-state index in [-0.39, 0.29) is 5.56 Å². The zero-order valence-corrected chi connectivity index (χ0v) is 7.82. The van der Waals surface area contributed by atoms with E-state index in [1.165, 1.54) is 12.1 Å². The zero-order chi connectivity index (χ0) is 11.0. The molecule has 1 rings (SSSR count). The topological polar surface area (TPSA) is 0 Å². The monoisotopic (exact) mass is 206 g/mol. The fourth-order valence-corrected chi connectivity index (χ4v) is 1.03. The first-order chi connectivity index (χ1) is 6.25. The van der Waals surface area contributed by atoms with Gasteiger partial charge in [0.05, 0.1) is 0 Å². The maximum atomic E-state index is 13.3. The average Bonchev–Trinajstić information content (AvgIpc) is 2.03. The van der Waals surface area contributed by atoms with Gasteiger partial charge in [-0.25, -0.2) is 4.39 Å². The molecule has 1 unspecified atom stereocenters. The molecule has 1 aromatic carbocycles. The third kappa shape index (κ3) is 1.89. The van der Waals surface area contributed by atoms with Crippen molar-refractivity contribution in [3.05, 3.63) is 35.4 Å². The van der Waals surface area contributed by atoms with Gasteiger partial charge in [0.15, 0.2) is 0 Å². The largest absolute Gasteiger partial charge is 0.426 e. The summed E-state index contributed by atoms with van der Waals surface area (Å²) in [6, 6.07) is 5.23. The molecule has 0 bridgehead atoms.